The minimum Gasteiger partial charge on any atom is -0.503 e. The van der Waals surface area contributed by atoms with Crippen molar-refractivity contribution >= 4 is 16.7 Å². The van der Waals surface area contributed by atoms with E-state index < -0.39 is 34.7 Å². The summed E-state index contributed by atoms with van der Waals surface area (Å²) in [5.74, 6) is -4.58. The molecular formula is C21H19F5N4O2. The third-order valence-electron chi connectivity index (χ3n) is 6.39. The second-order valence-electron chi connectivity index (χ2n) is 8.45. The zero-order chi connectivity index (χ0) is 22.8. The van der Waals surface area contributed by atoms with Crippen molar-refractivity contribution in [2.45, 2.75) is 19.0 Å². The number of aryl methyl sites for hydroxylation is 1. The fourth-order valence-electron chi connectivity index (χ4n) is 4.56. The largest absolute Gasteiger partial charge is 0.503 e. The van der Waals surface area contributed by atoms with Gasteiger partial charge in [-0.05, 0) is 18.9 Å². The number of phenols is 1. The highest BCUT2D eigenvalue weighted by atomic mass is 19.4. The lowest BCUT2D eigenvalue weighted by Gasteiger charge is -2.52. The number of halogens is 5. The first-order valence-electron chi connectivity index (χ1n) is 10.0. The summed E-state index contributed by atoms with van der Waals surface area (Å²) >= 11 is 0. The van der Waals surface area contributed by atoms with Gasteiger partial charge in [-0.15, -0.1) is 0 Å². The van der Waals surface area contributed by atoms with Crippen molar-refractivity contribution in [3.05, 3.63) is 35.5 Å². The van der Waals surface area contributed by atoms with Crippen LogP contribution in [0.4, 0.5) is 27.8 Å². The van der Waals surface area contributed by atoms with Gasteiger partial charge in [0.15, 0.2) is 17.4 Å². The van der Waals surface area contributed by atoms with Crippen molar-refractivity contribution in [2.75, 3.05) is 31.2 Å². The normalized spacial score (nSPS) is 18.4. The Kier molecular flexibility index (Phi) is 4.59. The molecule has 4 heterocycles. The molecule has 6 nitrogen and oxygen atoms in total. The van der Waals surface area contributed by atoms with E-state index in [4.69, 9.17) is 4.74 Å². The number of rotatable bonds is 2. The van der Waals surface area contributed by atoms with Crippen molar-refractivity contribution in [3.63, 3.8) is 0 Å². The van der Waals surface area contributed by atoms with Crippen LogP contribution < -0.4 is 4.90 Å². The van der Waals surface area contributed by atoms with Gasteiger partial charge < -0.3 is 14.7 Å². The Hall–Kier alpha value is -2.95. The van der Waals surface area contributed by atoms with Gasteiger partial charge in [-0.3, -0.25) is 4.68 Å². The van der Waals surface area contributed by atoms with Gasteiger partial charge in [0.05, 0.1) is 11.1 Å². The maximum atomic E-state index is 14.6. The molecule has 2 aromatic heterocycles. The van der Waals surface area contributed by atoms with E-state index in [2.05, 4.69) is 15.0 Å². The molecule has 1 N–H and O–H groups in total. The molecule has 1 spiro atoms. The second-order valence-corrected chi connectivity index (χ2v) is 8.45. The number of nitrogens with zero attached hydrogens (tertiary/aromatic N) is 4. The second kappa shape index (κ2) is 7.03. The van der Waals surface area contributed by atoms with Crippen LogP contribution in [0.3, 0.4) is 0 Å². The van der Waals surface area contributed by atoms with E-state index in [0.717, 1.165) is 39.1 Å². The Morgan fingerprint density at radius 1 is 1.09 bits per heavy atom. The standard InChI is InChI=1S/C21H19F5N4O2/c1-29-14-7-15(30-9-20(10-30)2-4-32-5-3-20)27-8-12(14)18(28-29)11-6-13(21(24,25)26)17(23)19(31)16(11)22/h6-8,31H,2-5,9-10H2,1H3. The molecule has 0 bridgehead atoms. The average Bonchev–Trinajstić information content (AvgIpc) is 3.06. The molecule has 32 heavy (non-hydrogen) atoms. The fraction of sp³-hybridized carbons (Fsp3) is 0.429. The van der Waals surface area contributed by atoms with E-state index in [1.165, 1.54) is 10.9 Å². The van der Waals surface area contributed by atoms with Gasteiger partial charge in [-0.1, -0.05) is 0 Å². The van der Waals surface area contributed by atoms with Crippen LogP contribution >= 0.6 is 0 Å². The average molecular weight is 454 g/mol. The lowest BCUT2D eigenvalue weighted by Crippen LogP contribution is -2.58. The van der Waals surface area contributed by atoms with Crippen LogP contribution in [0.1, 0.15) is 18.4 Å². The van der Waals surface area contributed by atoms with E-state index in [9.17, 15) is 27.1 Å². The summed E-state index contributed by atoms with van der Waals surface area (Å²) in [6, 6.07) is 2.06. The minimum atomic E-state index is -5.11. The predicted molar refractivity (Wildman–Crippen MR) is 105 cm³/mol. The molecular weight excluding hydrogens is 435 g/mol. The zero-order valence-corrected chi connectivity index (χ0v) is 17.0. The van der Waals surface area contributed by atoms with Gasteiger partial charge in [0.25, 0.3) is 0 Å². The molecule has 11 heteroatoms. The Balaban J connectivity index is 1.54. The topological polar surface area (TPSA) is 63.4 Å². The molecule has 0 radical (unpaired) electrons. The van der Waals surface area contributed by atoms with Gasteiger partial charge in [0.2, 0.25) is 0 Å². The first kappa shape index (κ1) is 20.9. The molecule has 0 aliphatic carbocycles. The molecule has 0 saturated carbocycles. The van der Waals surface area contributed by atoms with Crippen LogP contribution in [-0.2, 0) is 18.0 Å². The first-order valence-corrected chi connectivity index (χ1v) is 10.0. The van der Waals surface area contributed by atoms with E-state index in [1.807, 2.05) is 0 Å². The Morgan fingerprint density at radius 3 is 2.44 bits per heavy atom. The van der Waals surface area contributed by atoms with Gasteiger partial charge >= 0.3 is 6.18 Å². The number of hydrogen-bond acceptors (Lipinski definition) is 5. The van der Waals surface area contributed by atoms with Crippen molar-refractivity contribution in [2.24, 2.45) is 12.5 Å². The van der Waals surface area contributed by atoms with Crippen LogP contribution in [-0.4, -0.2) is 46.2 Å². The van der Waals surface area contributed by atoms with Crippen molar-refractivity contribution in [1.82, 2.24) is 14.8 Å². The highest BCUT2D eigenvalue weighted by molar-refractivity contribution is 5.94. The van der Waals surface area contributed by atoms with Crippen LogP contribution in [0, 0.1) is 17.0 Å². The SMILES string of the molecule is Cn1nc(-c2cc(C(F)(F)F)c(F)c(O)c2F)c2cnc(N3CC4(CCOCC4)C3)cc21. The maximum absolute atomic E-state index is 14.6. The Bertz CT molecular complexity index is 1210. The molecule has 3 aromatic rings. The van der Waals surface area contributed by atoms with Crippen LogP contribution in [0.15, 0.2) is 18.3 Å². The molecule has 0 unspecified atom stereocenters. The first-order chi connectivity index (χ1) is 15.1. The lowest BCUT2D eigenvalue weighted by atomic mass is 9.73. The number of phenolic OH excluding ortho intramolecular Hbond substituents is 1. The fourth-order valence-corrected chi connectivity index (χ4v) is 4.56. The number of alkyl halides is 3. The summed E-state index contributed by atoms with van der Waals surface area (Å²) in [5, 5.41) is 14.1. The number of hydrogen-bond donors (Lipinski definition) is 1. The van der Waals surface area contributed by atoms with Gasteiger partial charge in [0.1, 0.15) is 11.5 Å². The number of anilines is 1. The molecule has 1 aromatic carbocycles. The van der Waals surface area contributed by atoms with Gasteiger partial charge in [-0.2, -0.15) is 18.3 Å². The summed E-state index contributed by atoms with van der Waals surface area (Å²) in [6.07, 6.45) is -1.74. The molecule has 2 aliphatic rings. The van der Waals surface area contributed by atoms with Crippen LogP contribution in [0.25, 0.3) is 22.2 Å². The van der Waals surface area contributed by atoms with Crippen molar-refractivity contribution in [1.29, 1.82) is 0 Å². The third kappa shape index (κ3) is 3.17. The molecule has 0 atom stereocenters. The molecule has 5 rings (SSSR count). The lowest BCUT2D eigenvalue weighted by molar-refractivity contribution is -0.140. The summed E-state index contributed by atoms with van der Waals surface area (Å²) in [4.78, 5) is 6.51. The molecule has 2 aliphatic heterocycles. The number of ether oxygens (including phenoxy) is 1. The van der Waals surface area contributed by atoms with Gasteiger partial charge in [-0.25, -0.2) is 13.8 Å². The number of pyridine rings is 1. The van der Waals surface area contributed by atoms with E-state index in [-0.39, 0.29) is 16.5 Å². The highest BCUT2D eigenvalue weighted by Crippen LogP contribution is 2.44. The number of aromatic hydroxyl groups is 1. The minimum absolute atomic E-state index is 0.163. The smallest absolute Gasteiger partial charge is 0.419 e. The zero-order valence-electron chi connectivity index (χ0n) is 17.0. The van der Waals surface area contributed by atoms with Crippen molar-refractivity contribution in [3.8, 4) is 17.0 Å². The molecule has 170 valence electrons. The highest BCUT2D eigenvalue weighted by Gasteiger charge is 2.44. The monoisotopic (exact) mass is 454 g/mol. The molecule has 2 saturated heterocycles. The summed E-state index contributed by atoms with van der Waals surface area (Å²) in [5.41, 5.74) is -1.84. The predicted octanol–water partition coefficient (Wildman–Crippen LogP) is 4.25. The van der Waals surface area contributed by atoms with Crippen molar-refractivity contribution < 1.29 is 31.8 Å². The van der Waals surface area contributed by atoms with Crippen LogP contribution in [0.5, 0.6) is 5.75 Å². The number of fused-ring (bicyclic) bond motifs is 1. The summed E-state index contributed by atoms with van der Waals surface area (Å²) in [7, 11) is 1.57. The summed E-state index contributed by atoms with van der Waals surface area (Å²) < 4.78 is 74.8. The van der Waals surface area contributed by atoms with Gasteiger partial charge in [0, 0.05) is 62.0 Å². The Labute approximate surface area is 179 Å². The third-order valence-corrected chi connectivity index (χ3v) is 6.39. The quantitative estimate of drug-likeness (QED) is 0.587. The summed E-state index contributed by atoms with van der Waals surface area (Å²) in [6.45, 7) is 3.13. The van der Waals surface area contributed by atoms with E-state index in [1.54, 1.807) is 13.1 Å². The molecule has 0 amide bonds. The molecule has 2 fully saturated rings. The number of benzene rings is 1. The number of aromatic nitrogens is 3. The van der Waals surface area contributed by atoms with E-state index in [0.29, 0.717) is 17.4 Å². The van der Waals surface area contributed by atoms with E-state index >= 15 is 0 Å². The maximum Gasteiger partial charge on any atom is 0.419 e. The van der Waals surface area contributed by atoms with Crippen LogP contribution in [0.2, 0.25) is 0 Å². The Morgan fingerprint density at radius 2 is 1.78 bits per heavy atom.